The third-order valence-electron chi connectivity index (χ3n) is 3.14. The highest BCUT2D eigenvalue weighted by atomic mass is 35.5. The first-order valence-corrected chi connectivity index (χ1v) is 6.69. The summed E-state index contributed by atoms with van der Waals surface area (Å²) in [5, 5.41) is 11.9. The van der Waals surface area contributed by atoms with Crippen LogP contribution in [0.2, 0.25) is 5.02 Å². The number of benzene rings is 1. The molecule has 0 aliphatic heterocycles. The molecule has 1 atom stereocenters. The summed E-state index contributed by atoms with van der Waals surface area (Å²) in [6.45, 7) is 3.36. The molecule has 7 heteroatoms. The zero-order chi connectivity index (χ0) is 15.7. The maximum absolute atomic E-state index is 13.2. The number of hydrogen-bond donors (Lipinski definition) is 3. The zero-order valence-electron chi connectivity index (χ0n) is 11.4. The maximum atomic E-state index is 13.2. The minimum Gasteiger partial charge on any atom is -0.480 e. The van der Waals surface area contributed by atoms with Gasteiger partial charge in [-0.2, -0.15) is 0 Å². The Morgan fingerprint density at radius 2 is 2.05 bits per heavy atom. The van der Waals surface area contributed by atoms with Crippen molar-refractivity contribution >= 4 is 34.4 Å². The molecule has 1 aromatic heterocycles. The molecule has 0 aliphatic carbocycles. The first-order valence-electron chi connectivity index (χ1n) is 6.31. The average Bonchev–Trinajstić information content (AvgIpc) is 2.72. The van der Waals surface area contributed by atoms with Crippen molar-refractivity contribution in [2.24, 2.45) is 5.92 Å². The summed E-state index contributed by atoms with van der Waals surface area (Å²) in [5.41, 5.74) is 0.520. The minimum absolute atomic E-state index is 0.0177. The number of halogens is 2. The molecular formula is C14H14ClFN2O3. The normalized spacial score (nSPS) is 12.6. The number of rotatable bonds is 4. The molecule has 1 unspecified atom stereocenters. The molecule has 0 aliphatic rings. The van der Waals surface area contributed by atoms with Crippen LogP contribution in [0.25, 0.3) is 10.9 Å². The van der Waals surface area contributed by atoms with E-state index in [1.54, 1.807) is 13.8 Å². The van der Waals surface area contributed by atoms with Crippen molar-refractivity contribution < 1.29 is 19.1 Å². The summed E-state index contributed by atoms with van der Waals surface area (Å²) in [6.07, 6.45) is 0. The van der Waals surface area contributed by atoms with Gasteiger partial charge in [-0.1, -0.05) is 25.4 Å². The second-order valence-corrected chi connectivity index (χ2v) is 5.42. The van der Waals surface area contributed by atoms with Crippen LogP contribution in [-0.2, 0) is 4.79 Å². The molecule has 1 amide bonds. The van der Waals surface area contributed by atoms with E-state index in [1.807, 2.05) is 0 Å². The summed E-state index contributed by atoms with van der Waals surface area (Å²) in [4.78, 5) is 26.0. The number of aromatic amines is 1. The van der Waals surface area contributed by atoms with Crippen LogP contribution in [0.1, 0.15) is 24.3 Å². The summed E-state index contributed by atoms with van der Waals surface area (Å²) in [7, 11) is 0. The fourth-order valence-corrected chi connectivity index (χ4v) is 2.30. The van der Waals surface area contributed by atoms with E-state index in [4.69, 9.17) is 16.7 Å². The molecule has 1 heterocycles. The molecule has 0 saturated carbocycles. The second-order valence-electron chi connectivity index (χ2n) is 5.04. The van der Waals surface area contributed by atoms with Crippen LogP contribution < -0.4 is 5.32 Å². The fraction of sp³-hybridized carbons (Fsp3) is 0.286. The molecule has 0 radical (unpaired) electrons. The van der Waals surface area contributed by atoms with E-state index >= 15 is 0 Å². The van der Waals surface area contributed by atoms with Gasteiger partial charge in [0.25, 0.3) is 5.91 Å². The fourth-order valence-electron chi connectivity index (χ4n) is 2.01. The summed E-state index contributed by atoms with van der Waals surface area (Å²) >= 11 is 6.06. The smallest absolute Gasteiger partial charge is 0.326 e. The second kappa shape index (κ2) is 5.73. The lowest BCUT2D eigenvalue weighted by atomic mass is 10.0. The van der Waals surface area contributed by atoms with E-state index in [0.29, 0.717) is 10.9 Å². The predicted molar refractivity (Wildman–Crippen MR) is 77.0 cm³/mol. The third kappa shape index (κ3) is 3.00. The number of nitrogens with one attached hydrogen (secondary N) is 2. The maximum Gasteiger partial charge on any atom is 0.326 e. The molecule has 0 saturated heterocycles. The van der Waals surface area contributed by atoms with Gasteiger partial charge in [0.05, 0.1) is 5.02 Å². The van der Waals surface area contributed by atoms with E-state index in [2.05, 4.69) is 10.3 Å². The molecule has 2 aromatic rings. The van der Waals surface area contributed by atoms with Gasteiger partial charge in [-0.15, -0.1) is 0 Å². The van der Waals surface area contributed by atoms with Crippen LogP contribution >= 0.6 is 11.6 Å². The molecule has 0 spiro atoms. The number of fused-ring (bicyclic) bond motifs is 1. The Morgan fingerprint density at radius 1 is 1.38 bits per heavy atom. The van der Waals surface area contributed by atoms with Gasteiger partial charge in [-0.3, -0.25) is 4.79 Å². The number of carboxylic acids is 1. The van der Waals surface area contributed by atoms with Gasteiger partial charge < -0.3 is 15.4 Å². The van der Waals surface area contributed by atoms with E-state index in [-0.39, 0.29) is 16.6 Å². The molecule has 0 bridgehead atoms. The number of carbonyl (C=O) groups excluding carboxylic acids is 1. The lowest BCUT2D eigenvalue weighted by Gasteiger charge is -2.17. The van der Waals surface area contributed by atoms with Crippen molar-refractivity contribution in [2.45, 2.75) is 19.9 Å². The molecule has 2 rings (SSSR count). The monoisotopic (exact) mass is 312 g/mol. The van der Waals surface area contributed by atoms with E-state index in [9.17, 15) is 14.0 Å². The van der Waals surface area contributed by atoms with Gasteiger partial charge >= 0.3 is 5.97 Å². The molecule has 0 fully saturated rings. The van der Waals surface area contributed by atoms with Crippen LogP contribution in [0.5, 0.6) is 0 Å². The number of H-pyrrole nitrogens is 1. The highest BCUT2D eigenvalue weighted by Crippen LogP contribution is 2.28. The standard InChI is InChI=1S/C14H14ClFN2O3/c1-6(2)11(14(20)21)18-13(19)12-10(15)8-5-7(16)3-4-9(8)17-12/h3-6,11,17H,1-2H3,(H,18,19)(H,20,21). The van der Waals surface area contributed by atoms with Crippen molar-refractivity contribution in [2.75, 3.05) is 0 Å². The Balaban J connectivity index is 2.35. The Bertz CT molecular complexity index is 712. The predicted octanol–water partition coefficient (Wildman–Crippen LogP) is 2.80. The summed E-state index contributed by atoms with van der Waals surface area (Å²) in [5.74, 6) is -2.53. The highest BCUT2D eigenvalue weighted by Gasteiger charge is 2.26. The van der Waals surface area contributed by atoms with Gasteiger partial charge in [0, 0.05) is 10.9 Å². The van der Waals surface area contributed by atoms with Crippen LogP contribution in [0.4, 0.5) is 4.39 Å². The largest absolute Gasteiger partial charge is 0.480 e. The molecule has 5 nitrogen and oxygen atoms in total. The third-order valence-corrected chi connectivity index (χ3v) is 3.54. The number of aliphatic carboxylic acids is 1. The zero-order valence-corrected chi connectivity index (χ0v) is 12.2. The Morgan fingerprint density at radius 3 is 2.62 bits per heavy atom. The van der Waals surface area contributed by atoms with Crippen molar-refractivity contribution in [1.29, 1.82) is 0 Å². The Labute approximate surface area is 125 Å². The molecule has 1 aromatic carbocycles. The van der Waals surface area contributed by atoms with Gasteiger partial charge in [0.2, 0.25) is 0 Å². The van der Waals surface area contributed by atoms with Crippen LogP contribution in [-0.4, -0.2) is 28.0 Å². The topological polar surface area (TPSA) is 82.2 Å². The number of hydrogen-bond acceptors (Lipinski definition) is 2. The Hall–Kier alpha value is -2.08. The number of carbonyl (C=O) groups is 2. The van der Waals surface area contributed by atoms with Gasteiger partial charge in [-0.25, -0.2) is 9.18 Å². The van der Waals surface area contributed by atoms with Crippen LogP contribution in [0.15, 0.2) is 18.2 Å². The number of carboxylic acid groups (broad SMARTS) is 1. The SMILES string of the molecule is CC(C)C(NC(=O)c1[nH]c2ccc(F)cc2c1Cl)C(=O)O. The quantitative estimate of drug-likeness (QED) is 0.812. The minimum atomic E-state index is -1.13. The first kappa shape index (κ1) is 15.3. The van der Waals surface area contributed by atoms with Crippen molar-refractivity contribution in [1.82, 2.24) is 10.3 Å². The summed E-state index contributed by atoms with van der Waals surface area (Å²) in [6, 6.07) is 2.88. The number of amides is 1. The molecule has 21 heavy (non-hydrogen) atoms. The molecular weight excluding hydrogens is 299 g/mol. The van der Waals surface area contributed by atoms with Crippen molar-refractivity contribution in [3.8, 4) is 0 Å². The average molecular weight is 313 g/mol. The van der Waals surface area contributed by atoms with Gasteiger partial charge in [0.1, 0.15) is 17.6 Å². The summed E-state index contributed by atoms with van der Waals surface area (Å²) < 4.78 is 13.2. The number of aromatic nitrogens is 1. The van der Waals surface area contributed by atoms with E-state index in [0.717, 1.165) is 0 Å². The van der Waals surface area contributed by atoms with Crippen LogP contribution in [0.3, 0.4) is 0 Å². The van der Waals surface area contributed by atoms with Crippen LogP contribution in [0, 0.1) is 11.7 Å². The lowest BCUT2D eigenvalue weighted by molar-refractivity contribution is -0.140. The van der Waals surface area contributed by atoms with Gasteiger partial charge in [0.15, 0.2) is 0 Å². The highest BCUT2D eigenvalue weighted by molar-refractivity contribution is 6.38. The molecule has 112 valence electrons. The van der Waals surface area contributed by atoms with E-state index < -0.39 is 23.7 Å². The molecule has 3 N–H and O–H groups in total. The van der Waals surface area contributed by atoms with Crippen molar-refractivity contribution in [3.05, 3.63) is 34.7 Å². The van der Waals surface area contributed by atoms with Crippen molar-refractivity contribution in [3.63, 3.8) is 0 Å². The van der Waals surface area contributed by atoms with E-state index in [1.165, 1.54) is 18.2 Å². The first-order chi connectivity index (χ1) is 9.81. The Kier molecular flexibility index (Phi) is 4.18. The lowest BCUT2D eigenvalue weighted by Crippen LogP contribution is -2.44. The van der Waals surface area contributed by atoms with Gasteiger partial charge in [-0.05, 0) is 24.1 Å².